The number of alkyl carbamates (subject to hydrolysis) is 1. The lowest BCUT2D eigenvalue weighted by Crippen LogP contribution is -2.76. The zero-order chi connectivity index (χ0) is 19.4. The van der Waals surface area contributed by atoms with Gasteiger partial charge >= 0.3 is 6.09 Å². The number of nitrogens with zero attached hydrogens (tertiary/aromatic N) is 1. The molecule has 1 aromatic rings. The van der Waals surface area contributed by atoms with E-state index in [2.05, 4.69) is 5.32 Å². The molecule has 152 valence electrons. The number of benzene rings is 1. The van der Waals surface area contributed by atoms with E-state index in [9.17, 15) is 9.59 Å². The highest BCUT2D eigenvalue weighted by Gasteiger charge is 2.56. The van der Waals surface area contributed by atoms with Crippen molar-refractivity contribution in [2.75, 3.05) is 13.4 Å². The van der Waals surface area contributed by atoms with Gasteiger partial charge in [0.05, 0.1) is 12.1 Å². The third-order valence-corrected chi connectivity index (χ3v) is 4.01. The smallest absolute Gasteiger partial charge is 0.408 e. The molecule has 1 atom stereocenters. The molecule has 1 N–H and O–H groups in total. The summed E-state index contributed by atoms with van der Waals surface area (Å²) >= 11 is 16.6. The van der Waals surface area contributed by atoms with Crippen LogP contribution >= 0.6 is 48.3 Å². The molecule has 2 rings (SSSR count). The minimum absolute atomic E-state index is 0. The fourth-order valence-electron chi connectivity index (χ4n) is 2.35. The van der Waals surface area contributed by atoms with Gasteiger partial charge < -0.3 is 14.8 Å². The molecule has 0 unspecified atom stereocenters. The fraction of sp³-hybridized carbons (Fsp3) is 0.500. The third kappa shape index (κ3) is 6.89. The van der Waals surface area contributed by atoms with Gasteiger partial charge in [0.25, 0.3) is 5.91 Å². The van der Waals surface area contributed by atoms with Crippen LogP contribution in [0.3, 0.4) is 0 Å². The van der Waals surface area contributed by atoms with Crippen molar-refractivity contribution in [2.45, 2.75) is 35.8 Å². The highest BCUT2D eigenvalue weighted by atomic mass is 35.6. The highest BCUT2D eigenvalue weighted by molar-refractivity contribution is 7.59. The highest BCUT2D eigenvalue weighted by Crippen LogP contribution is 2.32. The molecule has 1 heterocycles. The van der Waals surface area contributed by atoms with Gasteiger partial charge in [0, 0.05) is 0 Å². The van der Waals surface area contributed by atoms with Gasteiger partial charge in [-0.3, -0.25) is 4.79 Å². The summed E-state index contributed by atoms with van der Waals surface area (Å²) in [6.45, 7) is 3.11. The Kier molecular flexibility index (Phi) is 8.98. The van der Waals surface area contributed by atoms with Crippen molar-refractivity contribution in [1.29, 1.82) is 0 Å². The summed E-state index contributed by atoms with van der Waals surface area (Å²) in [6.07, 6.45) is -0.688. The SMILES string of the molecule is CC1(C)[C@H](NC(=O)OCc2ccccc2)C(=O)N1OCOCC(Cl)(Cl)Cl.S. The lowest BCUT2D eigenvalue weighted by molar-refractivity contribution is -0.287. The molecule has 0 saturated carbocycles. The number of nitrogens with one attached hydrogen (secondary N) is 1. The molecular formula is C16H21Cl3N2O5S. The van der Waals surface area contributed by atoms with Gasteiger partial charge in [0.2, 0.25) is 3.79 Å². The second-order valence-corrected chi connectivity index (χ2v) is 8.65. The number of alkyl halides is 3. The van der Waals surface area contributed by atoms with Gasteiger partial charge in [0.15, 0.2) is 6.79 Å². The Hall–Kier alpha value is -0.900. The number of halogens is 3. The molecule has 0 radical (unpaired) electrons. The molecule has 11 heteroatoms. The topological polar surface area (TPSA) is 77.1 Å². The zero-order valence-corrected chi connectivity index (χ0v) is 18.0. The van der Waals surface area contributed by atoms with E-state index < -0.39 is 27.4 Å². The second-order valence-electron chi connectivity index (χ2n) is 6.14. The van der Waals surface area contributed by atoms with Crippen LogP contribution in [0.5, 0.6) is 0 Å². The Bertz CT molecular complexity index is 643. The molecule has 7 nitrogen and oxygen atoms in total. The van der Waals surface area contributed by atoms with Crippen LogP contribution in [0.1, 0.15) is 19.4 Å². The number of hydrogen-bond donors (Lipinski definition) is 1. The maximum atomic E-state index is 12.2. The number of carbonyl (C=O) groups excluding carboxylic acids is 2. The molecular weight excluding hydrogens is 439 g/mol. The van der Waals surface area contributed by atoms with Crippen LogP contribution in [0, 0.1) is 0 Å². The van der Waals surface area contributed by atoms with Crippen molar-refractivity contribution in [3.63, 3.8) is 0 Å². The van der Waals surface area contributed by atoms with E-state index in [1.165, 1.54) is 0 Å². The van der Waals surface area contributed by atoms with Crippen LogP contribution in [0.15, 0.2) is 30.3 Å². The van der Waals surface area contributed by atoms with Gasteiger partial charge in [-0.15, -0.1) is 0 Å². The van der Waals surface area contributed by atoms with Crippen LogP contribution < -0.4 is 5.32 Å². The molecule has 1 saturated heterocycles. The molecule has 1 aliphatic rings. The quantitative estimate of drug-likeness (QED) is 0.293. The van der Waals surface area contributed by atoms with Crippen LogP contribution in [-0.2, 0) is 25.7 Å². The van der Waals surface area contributed by atoms with E-state index in [0.717, 1.165) is 10.6 Å². The van der Waals surface area contributed by atoms with Crippen LogP contribution in [-0.4, -0.2) is 45.8 Å². The largest absolute Gasteiger partial charge is 0.445 e. The third-order valence-electron chi connectivity index (χ3n) is 3.68. The Morgan fingerprint density at radius 3 is 2.44 bits per heavy atom. The number of β-lactam (4-membered cyclic amide) rings is 1. The zero-order valence-electron chi connectivity index (χ0n) is 14.7. The van der Waals surface area contributed by atoms with Crippen molar-refractivity contribution < 1.29 is 23.9 Å². The summed E-state index contributed by atoms with van der Waals surface area (Å²) in [5.74, 6) is -0.427. The summed E-state index contributed by atoms with van der Waals surface area (Å²) < 4.78 is 8.58. The first-order valence-corrected chi connectivity index (χ1v) is 8.83. The second kappa shape index (κ2) is 10.0. The van der Waals surface area contributed by atoms with E-state index in [0.29, 0.717) is 0 Å². The summed E-state index contributed by atoms with van der Waals surface area (Å²) in [5, 5.41) is 3.64. The van der Waals surface area contributed by atoms with Gasteiger partial charge in [-0.2, -0.15) is 13.5 Å². The van der Waals surface area contributed by atoms with E-state index >= 15 is 0 Å². The van der Waals surface area contributed by atoms with Crippen molar-refractivity contribution in [2.24, 2.45) is 0 Å². The van der Waals surface area contributed by atoms with Gasteiger partial charge in [-0.1, -0.05) is 65.1 Å². The first-order chi connectivity index (χ1) is 12.1. The van der Waals surface area contributed by atoms with Gasteiger partial charge in [-0.05, 0) is 19.4 Å². The molecule has 0 aromatic heterocycles. The van der Waals surface area contributed by atoms with Gasteiger partial charge in [0.1, 0.15) is 12.6 Å². The summed E-state index contributed by atoms with van der Waals surface area (Å²) in [6, 6.07) is 8.44. The Labute approximate surface area is 179 Å². The number of amides is 2. The van der Waals surface area contributed by atoms with Crippen LogP contribution in [0.2, 0.25) is 0 Å². The van der Waals surface area contributed by atoms with Gasteiger partial charge in [-0.25, -0.2) is 14.7 Å². The molecule has 1 fully saturated rings. The minimum Gasteiger partial charge on any atom is -0.445 e. The van der Waals surface area contributed by atoms with E-state index in [-0.39, 0.29) is 33.5 Å². The van der Waals surface area contributed by atoms with E-state index in [4.69, 9.17) is 49.1 Å². The molecule has 1 aliphatic heterocycles. The molecule has 2 amide bonds. The number of hydrogen-bond acceptors (Lipinski definition) is 5. The van der Waals surface area contributed by atoms with Crippen LogP contribution in [0.4, 0.5) is 4.79 Å². The molecule has 27 heavy (non-hydrogen) atoms. The first kappa shape index (κ1) is 24.1. The van der Waals surface area contributed by atoms with E-state index in [1.807, 2.05) is 30.3 Å². The lowest BCUT2D eigenvalue weighted by Gasteiger charge is -2.51. The van der Waals surface area contributed by atoms with Crippen molar-refractivity contribution in [3.05, 3.63) is 35.9 Å². The van der Waals surface area contributed by atoms with E-state index in [1.54, 1.807) is 13.8 Å². The maximum Gasteiger partial charge on any atom is 0.408 e. The first-order valence-electron chi connectivity index (χ1n) is 7.70. The lowest BCUT2D eigenvalue weighted by atomic mass is 9.85. The average Bonchev–Trinajstić information content (AvgIpc) is 2.57. The molecule has 0 aliphatic carbocycles. The monoisotopic (exact) mass is 458 g/mol. The molecule has 1 aromatic carbocycles. The van der Waals surface area contributed by atoms with Crippen molar-refractivity contribution >= 4 is 60.3 Å². The maximum absolute atomic E-state index is 12.2. The Morgan fingerprint density at radius 2 is 1.89 bits per heavy atom. The standard InChI is InChI=1S/C16H19Cl3N2O5.H2S/c1-15(2)12(13(22)21(15)26-10-24-9-16(17,18)19)20-14(23)25-8-11-6-4-3-5-7-11;/h3-7,12H,8-10H2,1-2H3,(H,20,23);1H2/t12-;/m1./s1. The summed E-state index contributed by atoms with van der Waals surface area (Å²) in [5.41, 5.74) is 0.0598. The minimum atomic E-state index is -1.57. The Morgan fingerprint density at radius 1 is 1.26 bits per heavy atom. The number of carbonyl (C=O) groups is 2. The number of hydroxylamine groups is 2. The number of ether oxygens (including phenoxy) is 2. The summed E-state index contributed by atoms with van der Waals surface area (Å²) in [4.78, 5) is 29.3. The fourth-order valence-corrected chi connectivity index (χ4v) is 2.58. The summed E-state index contributed by atoms with van der Waals surface area (Å²) in [7, 11) is 0. The average molecular weight is 460 g/mol. The van der Waals surface area contributed by atoms with Crippen molar-refractivity contribution in [3.8, 4) is 0 Å². The van der Waals surface area contributed by atoms with Crippen molar-refractivity contribution in [1.82, 2.24) is 10.4 Å². The molecule has 0 bridgehead atoms. The number of rotatable bonds is 7. The predicted molar refractivity (Wildman–Crippen MR) is 107 cm³/mol. The normalized spacial score (nSPS) is 18.3. The Balaban J connectivity index is 0.00000364. The predicted octanol–water partition coefficient (Wildman–Crippen LogP) is 3.29. The van der Waals surface area contributed by atoms with Crippen LogP contribution in [0.25, 0.3) is 0 Å². The molecule has 0 spiro atoms.